The van der Waals surface area contributed by atoms with Crippen molar-refractivity contribution in [1.82, 2.24) is 4.31 Å². The van der Waals surface area contributed by atoms with Crippen molar-refractivity contribution in [2.24, 2.45) is 5.73 Å². The molecule has 0 saturated carbocycles. The van der Waals surface area contributed by atoms with Crippen LogP contribution >= 0.6 is 0 Å². The van der Waals surface area contributed by atoms with E-state index in [9.17, 15) is 23.3 Å². The fraction of sp³-hybridized carbons (Fsp3) is 0.364. The molecule has 114 valence electrons. The van der Waals surface area contributed by atoms with Gasteiger partial charge in [-0.25, -0.2) is 13.2 Å². The van der Waals surface area contributed by atoms with Crippen LogP contribution in [0.3, 0.4) is 0 Å². The number of hydrogen-bond acceptors (Lipinski definition) is 6. The van der Waals surface area contributed by atoms with Gasteiger partial charge in [-0.05, 0) is 12.5 Å². The number of carboxylic acid groups (broad SMARTS) is 1. The molecule has 1 aliphatic rings. The molecular weight excluding hydrogens is 302 g/mol. The summed E-state index contributed by atoms with van der Waals surface area (Å²) in [6, 6.07) is 2.35. The van der Waals surface area contributed by atoms with Gasteiger partial charge in [-0.1, -0.05) is 0 Å². The van der Waals surface area contributed by atoms with Crippen LogP contribution in [0.4, 0.5) is 5.69 Å². The molecular formula is C11H13N3O6S. The maximum atomic E-state index is 12.4. The van der Waals surface area contributed by atoms with Crippen molar-refractivity contribution in [3.05, 3.63) is 33.9 Å². The SMILES string of the molecule is NC1CCN(S(=O)(=O)c2ccc([N+](=O)[O-])cc2C(=O)O)C1. The van der Waals surface area contributed by atoms with Crippen LogP contribution in [0.5, 0.6) is 0 Å². The molecule has 1 heterocycles. The number of carboxylic acids is 1. The van der Waals surface area contributed by atoms with Gasteiger partial charge < -0.3 is 10.8 Å². The Morgan fingerprint density at radius 3 is 2.62 bits per heavy atom. The van der Waals surface area contributed by atoms with Gasteiger partial charge in [0.05, 0.1) is 15.4 Å². The van der Waals surface area contributed by atoms with Crippen molar-refractivity contribution in [3.63, 3.8) is 0 Å². The zero-order valence-electron chi connectivity index (χ0n) is 10.8. The molecule has 1 aromatic carbocycles. The second-order valence-electron chi connectivity index (χ2n) is 4.65. The molecule has 2 rings (SSSR count). The van der Waals surface area contributed by atoms with Crippen molar-refractivity contribution in [2.45, 2.75) is 17.4 Å². The van der Waals surface area contributed by atoms with Gasteiger partial charge in [0.2, 0.25) is 10.0 Å². The number of nitro benzene ring substituents is 1. The summed E-state index contributed by atoms with van der Waals surface area (Å²) < 4.78 is 25.9. The Kier molecular flexibility index (Phi) is 3.94. The molecule has 1 atom stereocenters. The Hall–Kier alpha value is -2.04. The van der Waals surface area contributed by atoms with Crippen LogP contribution in [0.1, 0.15) is 16.8 Å². The lowest BCUT2D eigenvalue weighted by Crippen LogP contribution is -2.32. The smallest absolute Gasteiger partial charge is 0.337 e. The highest BCUT2D eigenvalue weighted by molar-refractivity contribution is 7.89. The Labute approximate surface area is 120 Å². The number of nitrogens with zero attached hydrogens (tertiary/aromatic N) is 2. The number of non-ortho nitro benzene ring substituents is 1. The summed E-state index contributed by atoms with van der Waals surface area (Å²) in [7, 11) is -4.04. The summed E-state index contributed by atoms with van der Waals surface area (Å²) in [6.45, 7) is 0.290. The van der Waals surface area contributed by atoms with Gasteiger partial charge in [0.1, 0.15) is 0 Å². The number of nitro groups is 1. The highest BCUT2D eigenvalue weighted by Crippen LogP contribution is 2.26. The molecule has 3 N–H and O–H groups in total. The normalized spacial score (nSPS) is 19.6. The van der Waals surface area contributed by atoms with Gasteiger partial charge in [-0.15, -0.1) is 0 Å². The minimum atomic E-state index is -4.04. The van der Waals surface area contributed by atoms with E-state index >= 15 is 0 Å². The first-order valence-electron chi connectivity index (χ1n) is 6.01. The van der Waals surface area contributed by atoms with E-state index in [1.807, 2.05) is 0 Å². The van der Waals surface area contributed by atoms with Crippen LogP contribution in [0.15, 0.2) is 23.1 Å². The van der Waals surface area contributed by atoms with Crippen LogP contribution in [0.25, 0.3) is 0 Å². The van der Waals surface area contributed by atoms with Crippen LogP contribution < -0.4 is 5.73 Å². The first-order valence-corrected chi connectivity index (χ1v) is 7.45. The topological polar surface area (TPSA) is 144 Å². The molecule has 1 fully saturated rings. The summed E-state index contributed by atoms with van der Waals surface area (Å²) in [5, 5.41) is 19.8. The molecule has 0 bridgehead atoms. The van der Waals surface area contributed by atoms with Gasteiger partial charge in [-0.3, -0.25) is 10.1 Å². The monoisotopic (exact) mass is 315 g/mol. The molecule has 21 heavy (non-hydrogen) atoms. The van der Waals surface area contributed by atoms with E-state index in [1.165, 1.54) is 0 Å². The number of aromatic carboxylic acids is 1. The molecule has 0 aliphatic carbocycles. The minimum absolute atomic E-state index is 0.0956. The average molecular weight is 315 g/mol. The molecule has 0 aromatic heterocycles. The third-order valence-electron chi connectivity index (χ3n) is 3.21. The van der Waals surface area contributed by atoms with E-state index in [-0.39, 0.29) is 19.1 Å². The Bertz CT molecular complexity index is 702. The van der Waals surface area contributed by atoms with E-state index in [4.69, 9.17) is 10.8 Å². The average Bonchev–Trinajstić information content (AvgIpc) is 2.85. The van der Waals surface area contributed by atoms with Gasteiger partial charge in [0.25, 0.3) is 5.69 Å². The lowest BCUT2D eigenvalue weighted by atomic mass is 10.2. The molecule has 0 spiro atoms. The van der Waals surface area contributed by atoms with Crippen LogP contribution in [-0.2, 0) is 10.0 Å². The molecule has 0 amide bonds. The number of nitrogens with two attached hydrogens (primary N) is 1. The maximum absolute atomic E-state index is 12.4. The quantitative estimate of drug-likeness (QED) is 0.588. The van der Waals surface area contributed by atoms with E-state index < -0.39 is 37.1 Å². The van der Waals surface area contributed by atoms with Crippen LogP contribution in [0, 0.1) is 10.1 Å². The Balaban J connectivity index is 2.52. The standard InChI is InChI=1S/C11H13N3O6S/c12-7-3-4-13(6-7)21(19,20)10-2-1-8(14(17)18)5-9(10)11(15)16/h1-2,5,7H,3-4,6,12H2,(H,15,16). The van der Waals surface area contributed by atoms with Crippen LogP contribution in [0.2, 0.25) is 0 Å². The molecule has 1 aliphatic heterocycles. The summed E-state index contributed by atoms with van der Waals surface area (Å²) in [4.78, 5) is 20.6. The third-order valence-corrected chi connectivity index (χ3v) is 5.13. The molecule has 9 nitrogen and oxygen atoms in total. The van der Waals surface area contributed by atoms with Crippen molar-refractivity contribution in [3.8, 4) is 0 Å². The number of hydrogen-bond donors (Lipinski definition) is 2. The summed E-state index contributed by atoms with van der Waals surface area (Å²) in [5.74, 6) is -1.54. The zero-order valence-corrected chi connectivity index (χ0v) is 11.6. The lowest BCUT2D eigenvalue weighted by molar-refractivity contribution is -0.384. The van der Waals surface area contributed by atoms with Gasteiger partial charge >= 0.3 is 5.97 Å². The highest BCUT2D eigenvalue weighted by atomic mass is 32.2. The van der Waals surface area contributed by atoms with Gasteiger partial charge in [0.15, 0.2) is 0 Å². The fourth-order valence-electron chi connectivity index (χ4n) is 2.13. The molecule has 10 heteroatoms. The number of sulfonamides is 1. The Morgan fingerprint density at radius 1 is 1.48 bits per heavy atom. The summed E-state index contributed by atoms with van der Waals surface area (Å²) >= 11 is 0. The van der Waals surface area contributed by atoms with Crippen molar-refractivity contribution in [1.29, 1.82) is 0 Å². The predicted octanol–water partition coefficient (Wildman–Crippen LogP) is 0.0147. The molecule has 1 aromatic rings. The number of carbonyl (C=O) groups is 1. The second kappa shape index (κ2) is 5.39. The first-order chi connectivity index (χ1) is 9.73. The first kappa shape index (κ1) is 15.4. The second-order valence-corrected chi connectivity index (χ2v) is 6.56. The summed E-state index contributed by atoms with van der Waals surface area (Å²) in [5.41, 5.74) is 4.55. The van der Waals surface area contributed by atoms with E-state index in [1.54, 1.807) is 0 Å². The predicted molar refractivity (Wildman–Crippen MR) is 71.4 cm³/mol. The molecule has 1 unspecified atom stereocenters. The van der Waals surface area contributed by atoms with Gasteiger partial charge in [-0.2, -0.15) is 4.31 Å². The minimum Gasteiger partial charge on any atom is -0.478 e. The van der Waals surface area contributed by atoms with E-state index in [2.05, 4.69) is 0 Å². The fourth-order valence-corrected chi connectivity index (χ4v) is 3.81. The largest absolute Gasteiger partial charge is 0.478 e. The highest BCUT2D eigenvalue weighted by Gasteiger charge is 2.34. The zero-order chi connectivity index (χ0) is 15.8. The van der Waals surface area contributed by atoms with Crippen molar-refractivity contribution >= 4 is 21.7 Å². The molecule has 1 saturated heterocycles. The summed E-state index contributed by atoms with van der Waals surface area (Å²) in [6.07, 6.45) is 0.481. The van der Waals surface area contributed by atoms with Crippen molar-refractivity contribution in [2.75, 3.05) is 13.1 Å². The van der Waals surface area contributed by atoms with E-state index in [0.29, 0.717) is 6.42 Å². The van der Waals surface area contributed by atoms with E-state index in [0.717, 1.165) is 22.5 Å². The maximum Gasteiger partial charge on any atom is 0.337 e. The number of benzene rings is 1. The van der Waals surface area contributed by atoms with Crippen molar-refractivity contribution < 1.29 is 23.2 Å². The van der Waals surface area contributed by atoms with Gasteiger partial charge in [0, 0.05) is 31.3 Å². The lowest BCUT2D eigenvalue weighted by Gasteiger charge is -2.17. The Morgan fingerprint density at radius 2 is 2.14 bits per heavy atom. The van der Waals surface area contributed by atoms with Crippen LogP contribution in [-0.4, -0.2) is 47.9 Å². The third kappa shape index (κ3) is 2.86. The molecule has 0 radical (unpaired) electrons. The number of rotatable bonds is 4.